The van der Waals surface area contributed by atoms with Gasteiger partial charge in [0.15, 0.2) is 0 Å². The first kappa shape index (κ1) is 14.1. The molecule has 5 heteroatoms. The van der Waals surface area contributed by atoms with E-state index in [0.29, 0.717) is 27.4 Å². The lowest BCUT2D eigenvalue weighted by molar-refractivity contribution is 0.622. The molecule has 0 unspecified atom stereocenters. The Morgan fingerprint density at radius 3 is 2.48 bits per heavy atom. The predicted octanol–water partition coefficient (Wildman–Crippen LogP) is 4.63. The molecule has 0 aliphatic carbocycles. The molecule has 0 fully saturated rings. The molecule has 3 aromatic rings. The summed E-state index contributed by atoms with van der Waals surface area (Å²) >= 11 is 3.17. The molecule has 0 saturated carbocycles. The lowest BCUT2D eigenvalue weighted by Crippen LogP contribution is -2.01. The van der Waals surface area contributed by atoms with E-state index in [4.69, 9.17) is 5.73 Å². The summed E-state index contributed by atoms with van der Waals surface area (Å²) in [5.74, 6) is 0.478. The van der Waals surface area contributed by atoms with Gasteiger partial charge in [0.05, 0.1) is 15.5 Å². The number of nitrogens with zero attached hydrogens (tertiary/aromatic N) is 2. The molecule has 0 spiro atoms. The van der Waals surface area contributed by atoms with Crippen LogP contribution in [0.3, 0.4) is 0 Å². The Hall–Kier alpha value is -1.88. The van der Waals surface area contributed by atoms with Crippen molar-refractivity contribution in [2.24, 2.45) is 0 Å². The van der Waals surface area contributed by atoms with E-state index in [1.165, 1.54) is 11.6 Å². The maximum absolute atomic E-state index is 13.8. The van der Waals surface area contributed by atoms with Crippen LogP contribution in [0.4, 0.5) is 10.3 Å². The Bertz CT molecular complexity index is 806. The zero-order valence-corrected chi connectivity index (χ0v) is 13.4. The van der Waals surface area contributed by atoms with Crippen LogP contribution in [0.5, 0.6) is 0 Å². The van der Waals surface area contributed by atoms with Crippen molar-refractivity contribution >= 4 is 32.9 Å². The van der Waals surface area contributed by atoms with Crippen molar-refractivity contribution in [3.8, 4) is 5.69 Å². The molecule has 0 aliphatic rings. The van der Waals surface area contributed by atoms with Crippen molar-refractivity contribution in [3.63, 3.8) is 0 Å². The number of hydrogen-bond donors (Lipinski definition) is 1. The largest absolute Gasteiger partial charge is 0.369 e. The van der Waals surface area contributed by atoms with E-state index < -0.39 is 0 Å². The van der Waals surface area contributed by atoms with Gasteiger partial charge >= 0.3 is 0 Å². The number of anilines is 1. The van der Waals surface area contributed by atoms with Crippen LogP contribution in [-0.2, 0) is 0 Å². The number of imidazole rings is 1. The van der Waals surface area contributed by atoms with Crippen molar-refractivity contribution in [2.75, 3.05) is 5.73 Å². The predicted molar refractivity (Wildman–Crippen MR) is 87.2 cm³/mol. The average Bonchev–Trinajstić information content (AvgIpc) is 2.75. The number of aromatic nitrogens is 2. The topological polar surface area (TPSA) is 43.8 Å². The highest BCUT2D eigenvalue weighted by molar-refractivity contribution is 9.10. The van der Waals surface area contributed by atoms with Crippen LogP contribution in [0.25, 0.3) is 16.7 Å². The fraction of sp³-hybridized carbons (Fsp3) is 0.188. The van der Waals surface area contributed by atoms with Gasteiger partial charge in [-0.15, -0.1) is 0 Å². The Kier molecular flexibility index (Phi) is 3.45. The minimum absolute atomic E-state index is 0.331. The summed E-state index contributed by atoms with van der Waals surface area (Å²) < 4.78 is 15.9. The highest BCUT2D eigenvalue weighted by atomic mass is 79.9. The van der Waals surface area contributed by atoms with Crippen LogP contribution in [0.1, 0.15) is 25.3 Å². The van der Waals surface area contributed by atoms with Gasteiger partial charge in [-0.3, -0.25) is 4.57 Å². The first-order valence-electron chi connectivity index (χ1n) is 6.70. The summed E-state index contributed by atoms with van der Waals surface area (Å²) in [6.07, 6.45) is 0. The summed E-state index contributed by atoms with van der Waals surface area (Å²) in [6.45, 7) is 4.28. The molecule has 1 heterocycles. The Balaban J connectivity index is 2.19. The minimum atomic E-state index is -0.331. The van der Waals surface area contributed by atoms with Gasteiger partial charge in [0.25, 0.3) is 0 Å². The SMILES string of the molecule is CC(C)c1ccc(-n2c(N)nc3cc(Br)c(F)cc32)cc1. The van der Waals surface area contributed by atoms with Gasteiger partial charge in [-0.2, -0.15) is 0 Å². The van der Waals surface area contributed by atoms with E-state index in [-0.39, 0.29) is 5.82 Å². The van der Waals surface area contributed by atoms with E-state index in [0.717, 1.165) is 5.69 Å². The molecule has 0 aliphatic heterocycles. The number of benzene rings is 2. The highest BCUT2D eigenvalue weighted by Crippen LogP contribution is 2.28. The van der Waals surface area contributed by atoms with Crippen LogP contribution in [0, 0.1) is 5.82 Å². The van der Waals surface area contributed by atoms with E-state index in [1.807, 2.05) is 12.1 Å². The van der Waals surface area contributed by atoms with Crippen molar-refractivity contribution in [2.45, 2.75) is 19.8 Å². The minimum Gasteiger partial charge on any atom is -0.369 e. The van der Waals surface area contributed by atoms with Crippen LogP contribution >= 0.6 is 15.9 Å². The zero-order chi connectivity index (χ0) is 15.1. The molecule has 3 nitrogen and oxygen atoms in total. The fourth-order valence-electron chi connectivity index (χ4n) is 2.37. The third kappa shape index (κ3) is 2.42. The van der Waals surface area contributed by atoms with Crippen LogP contribution in [0.2, 0.25) is 0 Å². The lowest BCUT2D eigenvalue weighted by Gasteiger charge is -2.10. The molecule has 2 N–H and O–H groups in total. The van der Waals surface area contributed by atoms with Crippen molar-refractivity contribution in [1.29, 1.82) is 0 Å². The van der Waals surface area contributed by atoms with Gasteiger partial charge < -0.3 is 5.73 Å². The number of nitrogen functional groups attached to an aromatic ring is 1. The quantitative estimate of drug-likeness (QED) is 0.734. The third-order valence-electron chi connectivity index (χ3n) is 3.54. The molecule has 0 bridgehead atoms. The number of nitrogens with two attached hydrogens (primary N) is 1. The van der Waals surface area contributed by atoms with Crippen molar-refractivity contribution in [3.05, 3.63) is 52.3 Å². The van der Waals surface area contributed by atoms with E-state index >= 15 is 0 Å². The second kappa shape index (κ2) is 5.15. The molecule has 0 amide bonds. The molecule has 0 radical (unpaired) electrons. The second-order valence-electron chi connectivity index (χ2n) is 5.31. The van der Waals surface area contributed by atoms with Crippen molar-refractivity contribution in [1.82, 2.24) is 9.55 Å². The van der Waals surface area contributed by atoms with E-state index in [2.05, 4.69) is 46.9 Å². The van der Waals surface area contributed by atoms with Gasteiger partial charge in [-0.1, -0.05) is 26.0 Å². The maximum Gasteiger partial charge on any atom is 0.205 e. The molecule has 1 aromatic heterocycles. The second-order valence-corrected chi connectivity index (χ2v) is 6.16. The van der Waals surface area contributed by atoms with E-state index in [9.17, 15) is 4.39 Å². The molecule has 2 aromatic carbocycles. The number of hydrogen-bond acceptors (Lipinski definition) is 2. The molecule has 108 valence electrons. The summed E-state index contributed by atoms with van der Waals surface area (Å²) in [4.78, 5) is 4.29. The average molecular weight is 348 g/mol. The van der Waals surface area contributed by atoms with Gasteiger partial charge in [0.2, 0.25) is 5.95 Å². The fourth-order valence-corrected chi connectivity index (χ4v) is 2.70. The van der Waals surface area contributed by atoms with Gasteiger partial charge in [0, 0.05) is 11.8 Å². The van der Waals surface area contributed by atoms with Crippen LogP contribution < -0.4 is 5.73 Å². The lowest BCUT2D eigenvalue weighted by atomic mass is 10.0. The van der Waals surface area contributed by atoms with E-state index in [1.54, 1.807) is 10.6 Å². The summed E-state index contributed by atoms with van der Waals surface area (Å²) in [5.41, 5.74) is 9.44. The first-order valence-corrected chi connectivity index (χ1v) is 7.50. The normalized spacial score (nSPS) is 11.5. The van der Waals surface area contributed by atoms with Gasteiger partial charge in [-0.25, -0.2) is 9.37 Å². The van der Waals surface area contributed by atoms with Gasteiger partial charge in [-0.05, 0) is 45.6 Å². The Labute approximate surface area is 130 Å². The Morgan fingerprint density at radius 2 is 1.86 bits per heavy atom. The standard InChI is InChI=1S/C16H15BrFN3/c1-9(2)10-3-5-11(6-4-10)21-15-8-13(18)12(17)7-14(15)20-16(21)19/h3-9H,1-2H3,(H2,19,20). The number of fused-ring (bicyclic) bond motifs is 1. The Morgan fingerprint density at radius 1 is 1.19 bits per heavy atom. The molecule has 21 heavy (non-hydrogen) atoms. The maximum atomic E-state index is 13.8. The summed E-state index contributed by atoms with van der Waals surface area (Å²) in [6, 6.07) is 11.2. The molecule has 3 rings (SSSR count). The first-order chi connectivity index (χ1) is 9.97. The zero-order valence-electron chi connectivity index (χ0n) is 11.8. The molecule has 0 atom stereocenters. The van der Waals surface area contributed by atoms with Crippen molar-refractivity contribution < 1.29 is 4.39 Å². The smallest absolute Gasteiger partial charge is 0.205 e. The third-order valence-corrected chi connectivity index (χ3v) is 4.15. The van der Waals surface area contributed by atoms with Crippen LogP contribution in [0.15, 0.2) is 40.9 Å². The molecular formula is C16H15BrFN3. The number of halogens is 2. The summed E-state index contributed by atoms with van der Waals surface area (Å²) in [7, 11) is 0. The molecule has 0 saturated heterocycles. The monoisotopic (exact) mass is 347 g/mol. The highest BCUT2D eigenvalue weighted by Gasteiger charge is 2.13. The summed E-state index contributed by atoms with van der Waals surface area (Å²) in [5, 5.41) is 0. The number of rotatable bonds is 2. The molecular weight excluding hydrogens is 333 g/mol. The van der Waals surface area contributed by atoms with Crippen LogP contribution in [-0.4, -0.2) is 9.55 Å². The van der Waals surface area contributed by atoms with Gasteiger partial charge in [0.1, 0.15) is 5.82 Å².